The number of rotatable bonds is 4. The van der Waals surface area contributed by atoms with E-state index >= 15 is 0 Å². The standard InChI is InChI=1S/C13H26N2O/c1-9(11-4-5-11)15-7-12(10(2)16)6-13(8-15)14-3/h9-14,16H,4-8H2,1-3H3. The third-order valence-electron chi connectivity index (χ3n) is 4.48. The van der Waals surface area contributed by atoms with Crippen molar-refractivity contribution in [2.75, 3.05) is 20.1 Å². The minimum Gasteiger partial charge on any atom is -0.393 e. The molecule has 2 fully saturated rings. The smallest absolute Gasteiger partial charge is 0.0553 e. The van der Waals surface area contributed by atoms with Crippen LogP contribution >= 0.6 is 0 Å². The predicted molar refractivity (Wildman–Crippen MR) is 66.4 cm³/mol. The fourth-order valence-electron chi connectivity index (χ4n) is 2.94. The van der Waals surface area contributed by atoms with Crippen LogP contribution in [0.3, 0.4) is 0 Å². The van der Waals surface area contributed by atoms with Gasteiger partial charge in [0.05, 0.1) is 6.10 Å². The van der Waals surface area contributed by atoms with Gasteiger partial charge in [0.25, 0.3) is 0 Å². The van der Waals surface area contributed by atoms with Crippen LogP contribution in [0.1, 0.15) is 33.1 Å². The van der Waals surface area contributed by atoms with Gasteiger partial charge in [-0.1, -0.05) is 0 Å². The molecular weight excluding hydrogens is 200 g/mol. The normalized spacial score (nSPS) is 36.0. The fraction of sp³-hybridized carbons (Fsp3) is 1.00. The van der Waals surface area contributed by atoms with Gasteiger partial charge in [-0.3, -0.25) is 4.90 Å². The molecule has 0 aromatic heterocycles. The van der Waals surface area contributed by atoms with Crippen molar-refractivity contribution in [3.8, 4) is 0 Å². The van der Waals surface area contributed by atoms with Crippen LogP contribution in [0.15, 0.2) is 0 Å². The zero-order valence-electron chi connectivity index (χ0n) is 10.8. The Morgan fingerprint density at radius 3 is 2.38 bits per heavy atom. The van der Waals surface area contributed by atoms with Gasteiger partial charge in [-0.05, 0) is 52.0 Å². The van der Waals surface area contributed by atoms with Crippen LogP contribution in [0.4, 0.5) is 0 Å². The molecule has 0 bridgehead atoms. The Kier molecular flexibility index (Phi) is 3.88. The van der Waals surface area contributed by atoms with E-state index in [0.29, 0.717) is 18.0 Å². The molecule has 4 unspecified atom stereocenters. The summed E-state index contributed by atoms with van der Waals surface area (Å²) in [6.45, 7) is 6.52. The lowest BCUT2D eigenvalue weighted by molar-refractivity contribution is 0.0295. The average Bonchev–Trinajstić information content (AvgIpc) is 3.11. The molecule has 0 amide bonds. The van der Waals surface area contributed by atoms with Crippen LogP contribution in [-0.4, -0.2) is 48.3 Å². The number of likely N-dealkylation sites (N-methyl/N-ethyl adjacent to an activating group) is 1. The Bertz CT molecular complexity index is 228. The minimum atomic E-state index is -0.176. The molecule has 1 aliphatic carbocycles. The molecule has 3 heteroatoms. The lowest BCUT2D eigenvalue weighted by Gasteiger charge is -2.42. The first-order valence-corrected chi connectivity index (χ1v) is 6.71. The number of piperidine rings is 1. The maximum atomic E-state index is 9.79. The predicted octanol–water partition coefficient (Wildman–Crippen LogP) is 1.08. The van der Waals surface area contributed by atoms with Crippen LogP contribution in [0.5, 0.6) is 0 Å². The van der Waals surface area contributed by atoms with Crippen LogP contribution in [0.25, 0.3) is 0 Å². The van der Waals surface area contributed by atoms with Gasteiger partial charge in [0.1, 0.15) is 0 Å². The first kappa shape index (κ1) is 12.3. The Morgan fingerprint density at radius 2 is 1.88 bits per heavy atom. The van der Waals surface area contributed by atoms with Crippen LogP contribution in [0.2, 0.25) is 0 Å². The summed E-state index contributed by atoms with van der Waals surface area (Å²) >= 11 is 0. The summed E-state index contributed by atoms with van der Waals surface area (Å²) in [6, 6.07) is 1.26. The van der Waals surface area contributed by atoms with E-state index in [1.54, 1.807) is 0 Å². The molecule has 4 atom stereocenters. The maximum absolute atomic E-state index is 9.79. The van der Waals surface area contributed by atoms with Crippen molar-refractivity contribution >= 4 is 0 Å². The van der Waals surface area contributed by atoms with Crippen molar-refractivity contribution in [3.63, 3.8) is 0 Å². The highest BCUT2D eigenvalue weighted by molar-refractivity contribution is 4.92. The monoisotopic (exact) mass is 226 g/mol. The summed E-state index contributed by atoms with van der Waals surface area (Å²) in [7, 11) is 2.04. The van der Waals surface area contributed by atoms with Gasteiger partial charge in [-0.2, -0.15) is 0 Å². The van der Waals surface area contributed by atoms with Gasteiger partial charge in [0.15, 0.2) is 0 Å². The number of nitrogens with one attached hydrogen (secondary N) is 1. The zero-order valence-corrected chi connectivity index (χ0v) is 10.8. The quantitative estimate of drug-likeness (QED) is 0.753. The first-order chi connectivity index (χ1) is 7.61. The van der Waals surface area contributed by atoms with E-state index in [1.165, 1.54) is 12.8 Å². The summed E-state index contributed by atoms with van der Waals surface area (Å²) < 4.78 is 0. The summed E-state index contributed by atoms with van der Waals surface area (Å²) in [4.78, 5) is 2.58. The fourth-order valence-corrected chi connectivity index (χ4v) is 2.94. The van der Waals surface area contributed by atoms with E-state index in [2.05, 4.69) is 17.1 Å². The van der Waals surface area contributed by atoms with Crippen LogP contribution in [0, 0.1) is 11.8 Å². The van der Waals surface area contributed by atoms with Gasteiger partial charge < -0.3 is 10.4 Å². The van der Waals surface area contributed by atoms with Crippen molar-refractivity contribution < 1.29 is 5.11 Å². The Morgan fingerprint density at radius 1 is 1.19 bits per heavy atom. The number of hydrogen-bond acceptors (Lipinski definition) is 3. The molecule has 2 rings (SSSR count). The number of aliphatic hydroxyl groups excluding tert-OH is 1. The van der Waals surface area contributed by atoms with Gasteiger partial charge in [-0.15, -0.1) is 0 Å². The Balaban J connectivity index is 1.95. The molecule has 3 nitrogen and oxygen atoms in total. The SMILES string of the molecule is CNC1CC(C(C)O)CN(C(C)C2CC2)C1. The Labute approximate surface area is 99.2 Å². The lowest BCUT2D eigenvalue weighted by atomic mass is 9.89. The van der Waals surface area contributed by atoms with Crippen molar-refractivity contribution in [2.45, 2.75) is 51.3 Å². The minimum absolute atomic E-state index is 0.176. The van der Waals surface area contributed by atoms with Gasteiger partial charge in [-0.25, -0.2) is 0 Å². The van der Waals surface area contributed by atoms with E-state index in [0.717, 1.165) is 25.4 Å². The molecular formula is C13H26N2O. The number of nitrogens with zero attached hydrogens (tertiary/aromatic N) is 1. The molecule has 0 spiro atoms. The van der Waals surface area contributed by atoms with Gasteiger partial charge in [0.2, 0.25) is 0 Å². The second-order valence-electron chi connectivity index (χ2n) is 5.75. The molecule has 94 valence electrons. The number of hydrogen-bond donors (Lipinski definition) is 2. The molecule has 1 aliphatic heterocycles. The zero-order chi connectivity index (χ0) is 11.7. The lowest BCUT2D eigenvalue weighted by Crippen LogP contribution is -2.53. The second-order valence-corrected chi connectivity index (χ2v) is 5.75. The van der Waals surface area contributed by atoms with E-state index in [4.69, 9.17) is 0 Å². The first-order valence-electron chi connectivity index (χ1n) is 6.71. The average molecular weight is 226 g/mol. The van der Waals surface area contributed by atoms with E-state index < -0.39 is 0 Å². The molecule has 0 aromatic carbocycles. The summed E-state index contributed by atoms with van der Waals surface area (Å²) in [5.41, 5.74) is 0. The van der Waals surface area contributed by atoms with E-state index in [-0.39, 0.29) is 6.10 Å². The molecule has 1 saturated carbocycles. The molecule has 1 heterocycles. The van der Waals surface area contributed by atoms with Crippen LogP contribution < -0.4 is 5.32 Å². The van der Waals surface area contributed by atoms with Crippen molar-refractivity contribution in [1.29, 1.82) is 0 Å². The highest BCUT2D eigenvalue weighted by atomic mass is 16.3. The van der Waals surface area contributed by atoms with Crippen molar-refractivity contribution in [1.82, 2.24) is 10.2 Å². The van der Waals surface area contributed by atoms with Crippen molar-refractivity contribution in [3.05, 3.63) is 0 Å². The molecule has 0 aromatic rings. The van der Waals surface area contributed by atoms with E-state index in [1.807, 2.05) is 14.0 Å². The van der Waals surface area contributed by atoms with Gasteiger partial charge >= 0.3 is 0 Å². The van der Waals surface area contributed by atoms with Gasteiger partial charge in [0, 0.05) is 25.2 Å². The number of likely N-dealkylation sites (tertiary alicyclic amines) is 1. The van der Waals surface area contributed by atoms with Crippen molar-refractivity contribution in [2.24, 2.45) is 11.8 Å². The largest absolute Gasteiger partial charge is 0.393 e. The summed E-state index contributed by atoms with van der Waals surface area (Å²) in [5, 5.41) is 13.2. The third kappa shape index (κ3) is 2.76. The molecule has 2 aliphatic rings. The molecule has 2 N–H and O–H groups in total. The highest BCUT2D eigenvalue weighted by Gasteiger charge is 2.37. The van der Waals surface area contributed by atoms with E-state index in [9.17, 15) is 5.11 Å². The maximum Gasteiger partial charge on any atom is 0.0553 e. The Hall–Kier alpha value is -0.120. The summed E-state index contributed by atoms with van der Waals surface area (Å²) in [6.07, 6.45) is 3.75. The highest BCUT2D eigenvalue weighted by Crippen LogP contribution is 2.36. The number of aliphatic hydroxyl groups is 1. The second kappa shape index (κ2) is 5.03. The molecule has 16 heavy (non-hydrogen) atoms. The van der Waals surface area contributed by atoms with Crippen LogP contribution in [-0.2, 0) is 0 Å². The molecule has 0 radical (unpaired) electrons. The topological polar surface area (TPSA) is 35.5 Å². The third-order valence-corrected chi connectivity index (χ3v) is 4.48. The molecule has 1 saturated heterocycles. The summed E-state index contributed by atoms with van der Waals surface area (Å²) in [5.74, 6) is 1.36.